The lowest BCUT2D eigenvalue weighted by Gasteiger charge is -2.23. The van der Waals surface area contributed by atoms with Gasteiger partial charge in [0.2, 0.25) is 0 Å². The Balaban J connectivity index is 2.54. The van der Waals surface area contributed by atoms with Crippen molar-refractivity contribution >= 4 is 0 Å². The Morgan fingerprint density at radius 1 is 1.25 bits per heavy atom. The SMILES string of the molecule is NC[C@H]1C=C[C@@H](C(F)(F)F)CC1. The fourth-order valence-corrected chi connectivity index (χ4v) is 1.35. The molecule has 70 valence electrons. The maximum atomic E-state index is 12.1. The van der Waals surface area contributed by atoms with Crippen LogP contribution >= 0.6 is 0 Å². The van der Waals surface area contributed by atoms with E-state index in [1.165, 1.54) is 6.08 Å². The summed E-state index contributed by atoms with van der Waals surface area (Å²) in [6, 6.07) is 0. The topological polar surface area (TPSA) is 26.0 Å². The molecular weight excluding hydrogens is 167 g/mol. The van der Waals surface area contributed by atoms with Crippen LogP contribution in [-0.2, 0) is 0 Å². The van der Waals surface area contributed by atoms with E-state index in [9.17, 15) is 13.2 Å². The Morgan fingerprint density at radius 3 is 2.25 bits per heavy atom. The van der Waals surface area contributed by atoms with E-state index in [1.54, 1.807) is 6.08 Å². The van der Waals surface area contributed by atoms with E-state index < -0.39 is 12.1 Å². The van der Waals surface area contributed by atoms with Crippen LogP contribution in [0, 0.1) is 11.8 Å². The smallest absolute Gasteiger partial charge is 0.330 e. The van der Waals surface area contributed by atoms with Crippen molar-refractivity contribution in [2.24, 2.45) is 17.6 Å². The summed E-state index contributed by atoms with van der Waals surface area (Å²) in [6.07, 6.45) is -0.516. The number of hydrogen-bond donors (Lipinski definition) is 1. The molecule has 2 atom stereocenters. The monoisotopic (exact) mass is 179 g/mol. The number of halogens is 3. The van der Waals surface area contributed by atoms with E-state index in [0.717, 1.165) is 0 Å². The minimum absolute atomic E-state index is 0.142. The molecule has 1 nitrogen and oxygen atoms in total. The molecular formula is C8H12F3N. The number of alkyl halides is 3. The normalized spacial score (nSPS) is 30.7. The third kappa shape index (κ3) is 2.24. The van der Waals surface area contributed by atoms with Gasteiger partial charge in [-0.2, -0.15) is 13.2 Å². The zero-order chi connectivity index (χ0) is 9.19. The summed E-state index contributed by atoms with van der Waals surface area (Å²) < 4.78 is 36.3. The average Bonchev–Trinajstić information content (AvgIpc) is 2.03. The van der Waals surface area contributed by atoms with Gasteiger partial charge in [0.25, 0.3) is 0 Å². The second-order valence-corrected chi connectivity index (χ2v) is 3.11. The van der Waals surface area contributed by atoms with E-state index in [1.807, 2.05) is 0 Å². The quantitative estimate of drug-likeness (QED) is 0.613. The van der Waals surface area contributed by atoms with Gasteiger partial charge in [-0.3, -0.25) is 0 Å². The van der Waals surface area contributed by atoms with E-state index in [2.05, 4.69) is 0 Å². The van der Waals surface area contributed by atoms with Gasteiger partial charge in [0.1, 0.15) is 0 Å². The molecule has 0 saturated heterocycles. The summed E-state index contributed by atoms with van der Waals surface area (Å²) in [7, 11) is 0. The Bertz CT molecular complexity index is 174. The molecule has 0 bridgehead atoms. The summed E-state index contributed by atoms with van der Waals surface area (Å²) in [5, 5.41) is 0. The van der Waals surface area contributed by atoms with Crippen LogP contribution in [-0.4, -0.2) is 12.7 Å². The molecule has 0 heterocycles. The van der Waals surface area contributed by atoms with Crippen LogP contribution in [0.1, 0.15) is 12.8 Å². The van der Waals surface area contributed by atoms with E-state index in [4.69, 9.17) is 5.73 Å². The third-order valence-electron chi connectivity index (χ3n) is 2.19. The highest BCUT2D eigenvalue weighted by Gasteiger charge is 2.38. The molecule has 1 aliphatic carbocycles. The fourth-order valence-electron chi connectivity index (χ4n) is 1.35. The van der Waals surface area contributed by atoms with E-state index in [0.29, 0.717) is 13.0 Å². The number of allylic oxidation sites excluding steroid dienone is 1. The molecule has 2 N–H and O–H groups in total. The zero-order valence-corrected chi connectivity index (χ0v) is 6.64. The number of hydrogen-bond acceptors (Lipinski definition) is 1. The summed E-state index contributed by atoms with van der Waals surface area (Å²) in [4.78, 5) is 0. The van der Waals surface area contributed by atoms with Gasteiger partial charge in [0.05, 0.1) is 5.92 Å². The first kappa shape index (κ1) is 9.58. The molecule has 1 aliphatic rings. The minimum atomic E-state index is -4.07. The molecule has 0 spiro atoms. The summed E-state index contributed by atoms with van der Waals surface area (Å²) >= 11 is 0. The Morgan fingerprint density at radius 2 is 1.92 bits per heavy atom. The largest absolute Gasteiger partial charge is 0.395 e. The lowest BCUT2D eigenvalue weighted by molar-refractivity contribution is -0.164. The first-order valence-corrected chi connectivity index (χ1v) is 3.99. The van der Waals surface area contributed by atoms with Gasteiger partial charge in [-0.15, -0.1) is 0 Å². The molecule has 0 fully saturated rings. The van der Waals surface area contributed by atoms with Crippen molar-refractivity contribution in [3.63, 3.8) is 0 Å². The maximum absolute atomic E-state index is 12.1. The van der Waals surface area contributed by atoms with Crippen molar-refractivity contribution in [2.45, 2.75) is 19.0 Å². The molecule has 1 rings (SSSR count). The molecule has 0 unspecified atom stereocenters. The van der Waals surface area contributed by atoms with E-state index in [-0.39, 0.29) is 12.3 Å². The van der Waals surface area contributed by atoms with E-state index >= 15 is 0 Å². The summed E-state index contributed by atoms with van der Waals surface area (Å²) in [6.45, 7) is 0.446. The molecule has 0 aromatic heterocycles. The Labute approximate surface area is 69.4 Å². The summed E-state index contributed by atoms with van der Waals surface area (Å²) in [5.74, 6) is -1.11. The highest BCUT2D eigenvalue weighted by atomic mass is 19.4. The Kier molecular flexibility index (Phi) is 2.77. The lowest BCUT2D eigenvalue weighted by atomic mass is 9.88. The molecule has 0 radical (unpaired) electrons. The first-order valence-electron chi connectivity index (χ1n) is 3.99. The third-order valence-corrected chi connectivity index (χ3v) is 2.19. The van der Waals surface area contributed by atoms with Crippen LogP contribution in [0.4, 0.5) is 13.2 Å². The second kappa shape index (κ2) is 3.47. The van der Waals surface area contributed by atoms with Gasteiger partial charge in [-0.25, -0.2) is 0 Å². The fraction of sp³-hybridized carbons (Fsp3) is 0.750. The van der Waals surface area contributed by atoms with Crippen LogP contribution < -0.4 is 5.73 Å². The predicted octanol–water partition coefficient (Wildman–Crippen LogP) is 2.09. The standard InChI is InChI=1S/C8H12F3N/c9-8(10,11)7-3-1-6(5-12)2-4-7/h1,3,6-7H,2,4-5,12H2/t6-,7+/m0/s1. The highest BCUT2D eigenvalue weighted by Crippen LogP contribution is 2.34. The zero-order valence-electron chi connectivity index (χ0n) is 6.64. The van der Waals surface area contributed by atoms with Crippen molar-refractivity contribution in [1.29, 1.82) is 0 Å². The lowest BCUT2D eigenvalue weighted by Crippen LogP contribution is -2.26. The van der Waals surface area contributed by atoms with Gasteiger partial charge in [-0.1, -0.05) is 12.2 Å². The first-order chi connectivity index (χ1) is 5.54. The molecule has 0 amide bonds. The van der Waals surface area contributed by atoms with Crippen LogP contribution in [0.15, 0.2) is 12.2 Å². The highest BCUT2D eigenvalue weighted by molar-refractivity contribution is 5.00. The van der Waals surface area contributed by atoms with Crippen molar-refractivity contribution < 1.29 is 13.2 Å². The molecule has 0 aromatic carbocycles. The molecule has 0 saturated carbocycles. The van der Waals surface area contributed by atoms with Crippen LogP contribution in [0.2, 0.25) is 0 Å². The average molecular weight is 179 g/mol. The van der Waals surface area contributed by atoms with Crippen LogP contribution in [0.5, 0.6) is 0 Å². The van der Waals surface area contributed by atoms with Gasteiger partial charge < -0.3 is 5.73 Å². The predicted molar refractivity (Wildman–Crippen MR) is 40.5 cm³/mol. The molecule has 0 aromatic rings. The Hall–Kier alpha value is -0.510. The van der Waals surface area contributed by atoms with Crippen LogP contribution in [0.25, 0.3) is 0 Å². The molecule has 0 aliphatic heterocycles. The minimum Gasteiger partial charge on any atom is -0.330 e. The second-order valence-electron chi connectivity index (χ2n) is 3.11. The molecule has 12 heavy (non-hydrogen) atoms. The van der Waals surface area contributed by atoms with Crippen molar-refractivity contribution in [1.82, 2.24) is 0 Å². The molecule has 4 heteroatoms. The van der Waals surface area contributed by atoms with Crippen molar-refractivity contribution in [3.05, 3.63) is 12.2 Å². The van der Waals surface area contributed by atoms with Crippen molar-refractivity contribution in [2.75, 3.05) is 6.54 Å². The number of rotatable bonds is 1. The summed E-state index contributed by atoms with van der Waals surface area (Å²) in [5.41, 5.74) is 5.33. The van der Waals surface area contributed by atoms with Crippen molar-refractivity contribution in [3.8, 4) is 0 Å². The number of nitrogens with two attached hydrogens (primary N) is 1. The van der Waals surface area contributed by atoms with Gasteiger partial charge >= 0.3 is 6.18 Å². The van der Waals surface area contributed by atoms with Gasteiger partial charge in [-0.05, 0) is 25.3 Å². The van der Waals surface area contributed by atoms with Crippen LogP contribution in [0.3, 0.4) is 0 Å². The van der Waals surface area contributed by atoms with Gasteiger partial charge in [0.15, 0.2) is 0 Å². The maximum Gasteiger partial charge on any atom is 0.395 e. The van der Waals surface area contributed by atoms with Gasteiger partial charge in [0, 0.05) is 0 Å².